The van der Waals surface area contributed by atoms with Crippen molar-refractivity contribution in [2.24, 2.45) is 5.41 Å². The molecule has 0 atom stereocenters. The first-order valence-electron chi connectivity index (χ1n) is 7.59. The summed E-state index contributed by atoms with van der Waals surface area (Å²) >= 11 is 0. The van der Waals surface area contributed by atoms with Crippen LogP contribution >= 0.6 is 0 Å². The summed E-state index contributed by atoms with van der Waals surface area (Å²) in [5.74, 6) is 0. The van der Waals surface area contributed by atoms with Gasteiger partial charge in [0.25, 0.3) is 20.2 Å². The van der Waals surface area contributed by atoms with Gasteiger partial charge in [0.2, 0.25) is 0 Å². The maximum atomic E-state index is 11.1. The van der Waals surface area contributed by atoms with Crippen molar-refractivity contribution in [2.45, 2.75) is 32.1 Å². The van der Waals surface area contributed by atoms with Crippen molar-refractivity contribution in [1.82, 2.24) is 4.90 Å². The van der Waals surface area contributed by atoms with E-state index < -0.39 is 31.7 Å². The maximum absolute atomic E-state index is 11.1. The first-order chi connectivity index (χ1) is 10.9. The lowest BCUT2D eigenvalue weighted by atomic mass is 9.75. The van der Waals surface area contributed by atoms with E-state index in [1.165, 1.54) is 4.90 Å². The van der Waals surface area contributed by atoms with Crippen LogP contribution in [0.15, 0.2) is 0 Å². The molecule has 0 aromatic rings. The highest BCUT2D eigenvalue weighted by molar-refractivity contribution is 7.86. The maximum Gasteiger partial charge on any atom is 0.407 e. The summed E-state index contributed by atoms with van der Waals surface area (Å²) in [6.07, 6.45) is 3.48. The molecule has 1 amide bonds. The number of likely N-dealkylation sites (tertiary alicyclic amines) is 1. The van der Waals surface area contributed by atoms with Gasteiger partial charge in [0.1, 0.15) is 0 Å². The Morgan fingerprint density at radius 2 is 1.50 bits per heavy atom. The molecule has 0 spiro atoms. The Balaban J connectivity index is 2.75. The Morgan fingerprint density at radius 3 is 1.92 bits per heavy atom. The molecule has 1 aliphatic heterocycles. The Labute approximate surface area is 143 Å². The van der Waals surface area contributed by atoms with Crippen molar-refractivity contribution < 1.29 is 35.1 Å². The quantitative estimate of drug-likeness (QED) is 0.608. The van der Waals surface area contributed by atoms with Gasteiger partial charge in [-0.25, -0.2) is 4.79 Å². The van der Waals surface area contributed by atoms with Gasteiger partial charge in [-0.1, -0.05) is 0 Å². The lowest BCUT2D eigenvalue weighted by Gasteiger charge is -2.32. The van der Waals surface area contributed by atoms with Crippen molar-refractivity contribution >= 4 is 26.3 Å². The van der Waals surface area contributed by atoms with Crippen LogP contribution in [0.1, 0.15) is 32.1 Å². The molecule has 0 bridgehead atoms. The van der Waals surface area contributed by atoms with Gasteiger partial charge >= 0.3 is 6.09 Å². The van der Waals surface area contributed by atoms with E-state index >= 15 is 0 Å². The van der Waals surface area contributed by atoms with E-state index in [0.29, 0.717) is 45.2 Å². The number of hydrogen-bond donors (Lipinski definition) is 1. The number of hydrogen-bond acceptors (Lipinski definition) is 7. The van der Waals surface area contributed by atoms with Crippen molar-refractivity contribution in [3.8, 4) is 0 Å². The van der Waals surface area contributed by atoms with Crippen LogP contribution in [0.5, 0.6) is 0 Å². The summed E-state index contributed by atoms with van der Waals surface area (Å²) in [4.78, 5) is 12.4. The fourth-order valence-electron chi connectivity index (χ4n) is 2.89. The van der Waals surface area contributed by atoms with Crippen LogP contribution in [0.2, 0.25) is 0 Å². The predicted octanol–water partition coefficient (Wildman–Crippen LogP) is 0.869. The summed E-state index contributed by atoms with van der Waals surface area (Å²) in [6, 6.07) is 0. The van der Waals surface area contributed by atoms with Crippen LogP contribution in [0.3, 0.4) is 0 Å². The average molecular weight is 387 g/mol. The molecule has 0 aromatic carbocycles. The first kappa shape index (κ1) is 21.1. The van der Waals surface area contributed by atoms with Gasteiger partial charge in [-0.2, -0.15) is 16.8 Å². The fourth-order valence-corrected chi connectivity index (χ4v) is 3.66. The van der Waals surface area contributed by atoms with E-state index in [0.717, 1.165) is 12.5 Å². The number of amides is 1. The Bertz CT molecular complexity index is 590. The van der Waals surface area contributed by atoms with E-state index in [1.807, 2.05) is 0 Å². The van der Waals surface area contributed by atoms with Gasteiger partial charge in [-0.05, 0) is 37.5 Å². The van der Waals surface area contributed by atoms with Crippen LogP contribution in [-0.4, -0.2) is 71.8 Å². The molecule has 11 heteroatoms. The molecule has 0 unspecified atom stereocenters. The molecule has 1 heterocycles. The number of carboxylic acid groups (broad SMARTS) is 1. The van der Waals surface area contributed by atoms with Gasteiger partial charge in [-0.15, -0.1) is 0 Å². The van der Waals surface area contributed by atoms with Crippen LogP contribution in [0.25, 0.3) is 0 Å². The van der Waals surface area contributed by atoms with Crippen molar-refractivity contribution in [3.05, 3.63) is 0 Å². The number of nitrogens with zero attached hydrogens (tertiary/aromatic N) is 1. The Morgan fingerprint density at radius 1 is 1.00 bits per heavy atom. The topological polar surface area (TPSA) is 127 Å². The second kappa shape index (κ2) is 8.45. The zero-order valence-corrected chi connectivity index (χ0v) is 15.6. The minimum atomic E-state index is -3.56. The largest absolute Gasteiger partial charge is 0.465 e. The van der Waals surface area contributed by atoms with E-state index in [1.54, 1.807) is 0 Å². The molecule has 1 fully saturated rings. The standard InChI is InChI=1S/C13H25NO8S2/c1-23(17,18)21-10-6-13(7-11-22-24(2,19)20)4-3-8-14(9-5-13)12(15)16/h3-11H2,1-2H3,(H,15,16). The molecule has 0 saturated carbocycles. The molecular formula is C13H25NO8S2. The highest BCUT2D eigenvalue weighted by Gasteiger charge is 2.34. The predicted molar refractivity (Wildman–Crippen MR) is 86.7 cm³/mol. The number of rotatable bonds is 8. The third-order valence-corrected chi connectivity index (χ3v) is 5.37. The third-order valence-electron chi connectivity index (χ3n) is 4.18. The zero-order chi connectivity index (χ0) is 18.4. The van der Waals surface area contributed by atoms with E-state index in [4.69, 9.17) is 13.5 Å². The van der Waals surface area contributed by atoms with Gasteiger partial charge in [0.15, 0.2) is 0 Å². The van der Waals surface area contributed by atoms with E-state index in [9.17, 15) is 21.6 Å². The van der Waals surface area contributed by atoms with Gasteiger partial charge in [0.05, 0.1) is 25.7 Å². The molecule has 0 aliphatic carbocycles. The normalized spacial score (nSPS) is 19.0. The summed E-state index contributed by atoms with van der Waals surface area (Å²) in [5.41, 5.74) is -0.417. The molecular weight excluding hydrogens is 362 g/mol. The Kier molecular flexibility index (Phi) is 7.44. The van der Waals surface area contributed by atoms with Crippen LogP contribution in [0, 0.1) is 5.41 Å². The first-order valence-corrected chi connectivity index (χ1v) is 11.2. The lowest BCUT2D eigenvalue weighted by molar-refractivity contribution is 0.126. The third kappa shape index (κ3) is 8.27. The van der Waals surface area contributed by atoms with Crippen LogP contribution in [-0.2, 0) is 28.6 Å². The van der Waals surface area contributed by atoms with Crippen molar-refractivity contribution in [2.75, 3.05) is 38.8 Å². The van der Waals surface area contributed by atoms with Crippen LogP contribution < -0.4 is 0 Å². The van der Waals surface area contributed by atoms with E-state index in [2.05, 4.69) is 0 Å². The van der Waals surface area contributed by atoms with Crippen molar-refractivity contribution in [3.63, 3.8) is 0 Å². The molecule has 1 N–H and O–H groups in total. The van der Waals surface area contributed by atoms with Gasteiger partial charge in [-0.3, -0.25) is 8.37 Å². The molecule has 24 heavy (non-hydrogen) atoms. The molecule has 142 valence electrons. The second-order valence-corrected chi connectivity index (χ2v) is 9.46. The molecule has 1 saturated heterocycles. The summed E-state index contributed by atoms with van der Waals surface area (Å²) < 4.78 is 54.1. The second-order valence-electron chi connectivity index (χ2n) is 6.18. The zero-order valence-electron chi connectivity index (χ0n) is 13.9. The van der Waals surface area contributed by atoms with E-state index in [-0.39, 0.29) is 13.2 Å². The Hall–Kier alpha value is -0.910. The summed E-state index contributed by atoms with van der Waals surface area (Å²) in [5, 5.41) is 9.12. The summed E-state index contributed by atoms with van der Waals surface area (Å²) in [7, 11) is -7.12. The van der Waals surface area contributed by atoms with Gasteiger partial charge < -0.3 is 10.0 Å². The molecule has 0 aromatic heterocycles. The smallest absolute Gasteiger partial charge is 0.407 e. The van der Waals surface area contributed by atoms with Crippen molar-refractivity contribution in [1.29, 1.82) is 0 Å². The number of carbonyl (C=O) groups is 1. The summed E-state index contributed by atoms with van der Waals surface area (Å²) in [6.45, 7) is 0.666. The van der Waals surface area contributed by atoms with Crippen LogP contribution in [0.4, 0.5) is 4.79 Å². The molecule has 0 radical (unpaired) electrons. The highest BCUT2D eigenvalue weighted by atomic mass is 32.2. The molecule has 9 nitrogen and oxygen atoms in total. The molecule has 1 aliphatic rings. The fraction of sp³-hybridized carbons (Fsp3) is 0.923. The highest BCUT2D eigenvalue weighted by Crippen LogP contribution is 2.38. The monoisotopic (exact) mass is 387 g/mol. The lowest BCUT2D eigenvalue weighted by Crippen LogP contribution is -2.32. The average Bonchev–Trinajstić information content (AvgIpc) is 2.59. The minimum absolute atomic E-state index is 0.0230. The molecule has 1 rings (SSSR count). The minimum Gasteiger partial charge on any atom is -0.465 e. The van der Waals surface area contributed by atoms with Gasteiger partial charge in [0, 0.05) is 13.1 Å². The SMILES string of the molecule is CS(=O)(=O)OCCC1(CCOS(C)(=O)=O)CCCN(C(=O)O)CC1.